The summed E-state index contributed by atoms with van der Waals surface area (Å²) < 4.78 is 2.28. The Labute approximate surface area is 149 Å². The van der Waals surface area contributed by atoms with Crippen LogP contribution in [0, 0.1) is 0 Å². The van der Waals surface area contributed by atoms with Crippen LogP contribution in [-0.4, -0.2) is 22.0 Å². The standard InChI is InChI=1S/C20H28N4O/c1-20(2,3)16-13-24-11-7-10-15(19(24)23-16)12-22-17(18(21)25)14-8-5-4-6-9-14/h4-6,8-9,13,15,17,22H,7,10-12H2,1-3H3,(H2,21,25)/t15-,17-/m0/s1. The highest BCUT2D eigenvalue weighted by atomic mass is 16.1. The van der Waals surface area contributed by atoms with Crippen LogP contribution in [-0.2, 0) is 16.8 Å². The molecule has 2 aromatic rings. The maximum atomic E-state index is 11.9. The molecule has 2 heterocycles. The van der Waals surface area contributed by atoms with Crippen molar-refractivity contribution >= 4 is 5.91 Å². The second kappa shape index (κ2) is 7.00. The van der Waals surface area contributed by atoms with Gasteiger partial charge in [0.2, 0.25) is 5.91 Å². The lowest BCUT2D eigenvalue weighted by Gasteiger charge is -2.25. The number of hydrogen-bond acceptors (Lipinski definition) is 3. The first-order valence-electron chi connectivity index (χ1n) is 9.01. The number of rotatable bonds is 5. The molecular weight excluding hydrogens is 312 g/mol. The predicted molar refractivity (Wildman–Crippen MR) is 99.3 cm³/mol. The number of nitrogens with two attached hydrogens (primary N) is 1. The van der Waals surface area contributed by atoms with E-state index in [0.29, 0.717) is 12.5 Å². The van der Waals surface area contributed by atoms with Gasteiger partial charge >= 0.3 is 0 Å². The first kappa shape index (κ1) is 17.7. The normalized spacial score (nSPS) is 18.6. The predicted octanol–water partition coefficient (Wildman–Crippen LogP) is 2.87. The number of nitrogens with one attached hydrogen (secondary N) is 1. The summed E-state index contributed by atoms with van der Waals surface area (Å²) in [6.07, 6.45) is 4.39. The van der Waals surface area contributed by atoms with E-state index in [1.54, 1.807) is 0 Å². The van der Waals surface area contributed by atoms with Gasteiger partial charge in [-0.15, -0.1) is 0 Å². The number of carbonyl (C=O) groups is 1. The topological polar surface area (TPSA) is 72.9 Å². The summed E-state index contributed by atoms with van der Waals surface area (Å²) in [7, 11) is 0. The van der Waals surface area contributed by atoms with Crippen LogP contribution >= 0.6 is 0 Å². The Morgan fingerprint density at radius 3 is 2.72 bits per heavy atom. The van der Waals surface area contributed by atoms with Gasteiger partial charge in [0.1, 0.15) is 11.9 Å². The number of hydrogen-bond donors (Lipinski definition) is 2. The van der Waals surface area contributed by atoms with Gasteiger partial charge in [-0.05, 0) is 18.4 Å². The van der Waals surface area contributed by atoms with E-state index in [9.17, 15) is 4.79 Å². The molecule has 3 N–H and O–H groups in total. The fourth-order valence-electron chi connectivity index (χ4n) is 3.42. The SMILES string of the molecule is CC(C)(C)c1cn2c(n1)[C@H](CN[C@H](C(N)=O)c1ccccc1)CCC2. The first-order valence-corrected chi connectivity index (χ1v) is 9.01. The Morgan fingerprint density at radius 1 is 1.36 bits per heavy atom. The Balaban J connectivity index is 1.76. The number of primary amides is 1. The van der Waals surface area contributed by atoms with E-state index in [-0.39, 0.29) is 11.3 Å². The zero-order chi connectivity index (χ0) is 18.0. The van der Waals surface area contributed by atoms with E-state index in [2.05, 4.69) is 36.9 Å². The van der Waals surface area contributed by atoms with E-state index in [4.69, 9.17) is 10.7 Å². The van der Waals surface area contributed by atoms with Crippen LogP contribution in [0.2, 0.25) is 0 Å². The van der Waals surface area contributed by atoms with E-state index < -0.39 is 6.04 Å². The number of aryl methyl sites for hydroxylation is 1. The molecule has 134 valence electrons. The summed E-state index contributed by atoms with van der Waals surface area (Å²) >= 11 is 0. The molecule has 1 aromatic carbocycles. The summed E-state index contributed by atoms with van der Waals surface area (Å²) in [4.78, 5) is 16.8. The number of amides is 1. The molecule has 0 spiro atoms. The summed E-state index contributed by atoms with van der Waals surface area (Å²) in [5.41, 5.74) is 7.70. The minimum atomic E-state index is -0.464. The van der Waals surface area contributed by atoms with Crippen molar-refractivity contribution in [1.82, 2.24) is 14.9 Å². The Bertz CT molecular complexity index is 730. The fourth-order valence-corrected chi connectivity index (χ4v) is 3.42. The second-order valence-electron chi connectivity index (χ2n) is 7.92. The quantitative estimate of drug-likeness (QED) is 0.879. The van der Waals surface area contributed by atoms with Gasteiger partial charge in [0.05, 0.1) is 5.69 Å². The summed E-state index contributed by atoms with van der Waals surface area (Å²) in [6, 6.07) is 9.19. The van der Waals surface area contributed by atoms with Crippen LogP contribution in [0.1, 0.15) is 62.7 Å². The van der Waals surface area contributed by atoms with Crippen molar-refractivity contribution < 1.29 is 4.79 Å². The molecule has 1 aliphatic heterocycles. The van der Waals surface area contributed by atoms with Crippen molar-refractivity contribution in [3.63, 3.8) is 0 Å². The van der Waals surface area contributed by atoms with E-state index >= 15 is 0 Å². The molecule has 5 nitrogen and oxygen atoms in total. The average molecular weight is 340 g/mol. The van der Waals surface area contributed by atoms with Crippen molar-refractivity contribution in [2.24, 2.45) is 5.73 Å². The minimum absolute atomic E-state index is 0.0438. The van der Waals surface area contributed by atoms with E-state index in [1.165, 1.54) is 0 Å². The molecule has 0 bridgehead atoms. The average Bonchev–Trinajstić information content (AvgIpc) is 3.01. The number of aromatic nitrogens is 2. The number of carbonyl (C=O) groups excluding carboxylic acids is 1. The molecule has 0 unspecified atom stereocenters. The third-order valence-corrected chi connectivity index (χ3v) is 4.88. The van der Waals surface area contributed by atoms with Crippen LogP contribution in [0.3, 0.4) is 0 Å². The lowest BCUT2D eigenvalue weighted by atomic mass is 9.93. The molecule has 2 atom stereocenters. The van der Waals surface area contributed by atoms with Gasteiger partial charge in [-0.3, -0.25) is 4.79 Å². The number of nitrogens with zero attached hydrogens (tertiary/aromatic N) is 2. The van der Waals surface area contributed by atoms with Crippen molar-refractivity contribution in [2.75, 3.05) is 6.54 Å². The molecule has 0 aliphatic carbocycles. The molecule has 1 amide bonds. The van der Waals surface area contributed by atoms with Gasteiger partial charge in [0.15, 0.2) is 0 Å². The van der Waals surface area contributed by atoms with Crippen LogP contribution in [0.25, 0.3) is 0 Å². The number of benzene rings is 1. The lowest BCUT2D eigenvalue weighted by molar-refractivity contribution is -0.120. The summed E-state index contributed by atoms with van der Waals surface area (Å²) in [5.74, 6) is 1.08. The Hall–Kier alpha value is -2.14. The molecule has 0 fully saturated rings. The van der Waals surface area contributed by atoms with Crippen LogP contribution < -0.4 is 11.1 Å². The molecule has 1 aliphatic rings. The van der Waals surface area contributed by atoms with Crippen molar-refractivity contribution in [1.29, 1.82) is 0 Å². The highest BCUT2D eigenvalue weighted by Crippen LogP contribution is 2.30. The molecule has 25 heavy (non-hydrogen) atoms. The third kappa shape index (κ3) is 3.93. The van der Waals surface area contributed by atoms with Gasteiger partial charge in [0, 0.05) is 30.6 Å². The molecular formula is C20H28N4O. The van der Waals surface area contributed by atoms with Crippen LogP contribution in [0.4, 0.5) is 0 Å². The second-order valence-corrected chi connectivity index (χ2v) is 7.92. The van der Waals surface area contributed by atoms with Gasteiger partial charge < -0.3 is 15.6 Å². The molecule has 3 rings (SSSR count). The number of fused-ring (bicyclic) bond motifs is 1. The Kier molecular flexibility index (Phi) is 4.95. The minimum Gasteiger partial charge on any atom is -0.368 e. The molecule has 0 saturated carbocycles. The van der Waals surface area contributed by atoms with Gasteiger partial charge in [0.25, 0.3) is 0 Å². The maximum Gasteiger partial charge on any atom is 0.239 e. The maximum absolute atomic E-state index is 11.9. The highest BCUT2D eigenvalue weighted by Gasteiger charge is 2.28. The largest absolute Gasteiger partial charge is 0.368 e. The molecule has 0 radical (unpaired) electrons. The first-order chi connectivity index (χ1) is 11.9. The fraction of sp³-hybridized carbons (Fsp3) is 0.500. The molecule has 0 saturated heterocycles. The third-order valence-electron chi connectivity index (χ3n) is 4.88. The Morgan fingerprint density at radius 2 is 2.08 bits per heavy atom. The lowest BCUT2D eigenvalue weighted by Crippen LogP contribution is -2.37. The summed E-state index contributed by atoms with van der Waals surface area (Å²) in [6.45, 7) is 8.28. The smallest absolute Gasteiger partial charge is 0.239 e. The van der Waals surface area contributed by atoms with Gasteiger partial charge in [-0.2, -0.15) is 0 Å². The van der Waals surface area contributed by atoms with Gasteiger partial charge in [-0.1, -0.05) is 51.1 Å². The van der Waals surface area contributed by atoms with Crippen molar-refractivity contribution in [2.45, 2.75) is 57.5 Å². The van der Waals surface area contributed by atoms with E-state index in [1.807, 2.05) is 30.3 Å². The molecule has 1 aromatic heterocycles. The zero-order valence-corrected chi connectivity index (χ0v) is 15.3. The highest BCUT2D eigenvalue weighted by molar-refractivity contribution is 5.81. The monoisotopic (exact) mass is 340 g/mol. The molecule has 5 heteroatoms. The van der Waals surface area contributed by atoms with Crippen LogP contribution in [0.15, 0.2) is 36.5 Å². The van der Waals surface area contributed by atoms with Crippen molar-refractivity contribution in [3.8, 4) is 0 Å². The van der Waals surface area contributed by atoms with Crippen molar-refractivity contribution in [3.05, 3.63) is 53.6 Å². The summed E-state index contributed by atoms with van der Waals surface area (Å²) in [5, 5.41) is 3.37. The number of imidazole rings is 1. The zero-order valence-electron chi connectivity index (χ0n) is 15.3. The van der Waals surface area contributed by atoms with Gasteiger partial charge in [-0.25, -0.2) is 4.98 Å². The van der Waals surface area contributed by atoms with E-state index in [0.717, 1.165) is 36.5 Å². The van der Waals surface area contributed by atoms with Crippen LogP contribution in [0.5, 0.6) is 0 Å².